The van der Waals surface area contributed by atoms with Gasteiger partial charge in [-0.15, -0.1) is 0 Å². The molecule has 1 heterocycles. The molecule has 1 aromatic heterocycles. The normalized spacial score (nSPS) is 10.8. The Hall–Kier alpha value is -2.62. The molecule has 22 heavy (non-hydrogen) atoms. The van der Waals surface area contributed by atoms with Crippen LogP contribution in [0.1, 0.15) is 16.7 Å². The van der Waals surface area contributed by atoms with E-state index in [0.717, 1.165) is 22.2 Å². The molecule has 0 aliphatic carbocycles. The van der Waals surface area contributed by atoms with E-state index in [2.05, 4.69) is 29.4 Å². The zero-order valence-electron chi connectivity index (χ0n) is 12.8. The summed E-state index contributed by atoms with van der Waals surface area (Å²) in [4.78, 5) is 16.4. The summed E-state index contributed by atoms with van der Waals surface area (Å²) in [6.07, 6.45) is 2.16. The molecule has 0 bridgehead atoms. The summed E-state index contributed by atoms with van der Waals surface area (Å²) in [5, 5.41) is 2.96. The van der Waals surface area contributed by atoms with Gasteiger partial charge in [0, 0.05) is 13.6 Å². The number of aryl methyl sites for hydroxylation is 2. The number of amides is 1. The van der Waals surface area contributed by atoms with Gasteiger partial charge < -0.3 is 9.88 Å². The maximum Gasteiger partial charge on any atom is 0.224 e. The third kappa shape index (κ3) is 3.17. The molecular formula is C18H19N3O. The molecule has 3 aromatic rings. The van der Waals surface area contributed by atoms with Crippen molar-refractivity contribution in [3.05, 3.63) is 65.5 Å². The van der Waals surface area contributed by atoms with Crippen LogP contribution in [0.15, 0.2) is 48.8 Å². The molecule has 2 aromatic carbocycles. The van der Waals surface area contributed by atoms with E-state index >= 15 is 0 Å². The molecule has 0 aliphatic heterocycles. The van der Waals surface area contributed by atoms with Crippen molar-refractivity contribution in [2.75, 3.05) is 0 Å². The Balaban J connectivity index is 1.61. The Kier molecular flexibility index (Phi) is 3.92. The molecule has 0 fully saturated rings. The van der Waals surface area contributed by atoms with Crippen molar-refractivity contribution in [2.24, 2.45) is 7.05 Å². The van der Waals surface area contributed by atoms with Crippen LogP contribution in [0.25, 0.3) is 11.0 Å². The number of benzene rings is 2. The highest BCUT2D eigenvalue weighted by molar-refractivity contribution is 5.81. The lowest BCUT2D eigenvalue weighted by Gasteiger charge is -2.06. The molecule has 0 saturated carbocycles. The van der Waals surface area contributed by atoms with E-state index in [-0.39, 0.29) is 5.91 Å². The van der Waals surface area contributed by atoms with Gasteiger partial charge in [0.05, 0.1) is 23.8 Å². The highest BCUT2D eigenvalue weighted by atomic mass is 16.1. The second kappa shape index (κ2) is 6.02. The van der Waals surface area contributed by atoms with Crippen molar-refractivity contribution in [1.29, 1.82) is 0 Å². The third-order valence-electron chi connectivity index (χ3n) is 3.76. The fraction of sp³-hybridized carbons (Fsp3) is 0.222. The molecule has 0 aliphatic rings. The first kappa shape index (κ1) is 14.3. The Labute approximate surface area is 129 Å². The molecule has 4 heteroatoms. The number of hydrogen-bond acceptors (Lipinski definition) is 2. The number of nitrogens with zero attached hydrogens (tertiary/aromatic N) is 2. The first-order chi connectivity index (χ1) is 10.6. The molecular weight excluding hydrogens is 274 g/mol. The van der Waals surface area contributed by atoms with E-state index in [9.17, 15) is 4.79 Å². The van der Waals surface area contributed by atoms with Gasteiger partial charge in [-0.05, 0) is 30.2 Å². The van der Waals surface area contributed by atoms with Gasteiger partial charge >= 0.3 is 0 Å². The molecule has 4 nitrogen and oxygen atoms in total. The highest BCUT2D eigenvalue weighted by Gasteiger charge is 2.06. The van der Waals surface area contributed by atoms with Crippen LogP contribution in [0.3, 0.4) is 0 Å². The highest BCUT2D eigenvalue weighted by Crippen LogP contribution is 2.14. The van der Waals surface area contributed by atoms with Crippen LogP contribution < -0.4 is 5.32 Å². The largest absolute Gasteiger partial charge is 0.352 e. The zero-order chi connectivity index (χ0) is 15.5. The standard InChI is InChI=1S/C18H19N3O/c1-13-3-5-14(6-4-13)11-19-18(22)10-15-7-8-17-16(9-15)20-12-21(17)2/h3-9,12H,10-11H2,1-2H3,(H,19,22). The van der Waals surface area contributed by atoms with Crippen molar-refractivity contribution in [3.63, 3.8) is 0 Å². The number of fused-ring (bicyclic) bond motifs is 1. The van der Waals surface area contributed by atoms with Crippen molar-refractivity contribution < 1.29 is 4.79 Å². The van der Waals surface area contributed by atoms with E-state index < -0.39 is 0 Å². The van der Waals surface area contributed by atoms with Gasteiger partial charge in [-0.1, -0.05) is 35.9 Å². The lowest BCUT2D eigenvalue weighted by atomic mass is 10.1. The minimum atomic E-state index is 0.0239. The number of carbonyl (C=O) groups is 1. The molecule has 112 valence electrons. The van der Waals surface area contributed by atoms with Gasteiger partial charge in [0.15, 0.2) is 0 Å². The van der Waals surface area contributed by atoms with E-state index in [1.54, 1.807) is 6.33 Å². The Morgan fingerprint density at radius 2 is 1.86 bits per heavy atom. The first-order valence-electron chi connectivity index (χ1n) is 7.34. The van der Waals surface area contributed by atoms with Crippen molar-refractivity contribution in [2.45, 2.75) is 19.9 Å². The van der Waals surface area contributed by atoms with Crippen LogP contribution in [0.2, 0.25) is 0 Å². The van der Waals surface area contributed by atoms with Gasteiger partial charge in [-0.2, -0.15) is 0 Å². The molecule has 1 N–H and O–H groups in total. The minimum Gasteiger partial charge on any atom is -0.352 e. The molecule has 0 radical (unpaired) electrons. The Bertz CT molecular complexity index is 803. The van der Waals surface area contributed by atoms with Gasteiger partial charge in [-0.25, -0.2) is 4.98 Å². The SMILES string of the molecule is Cc1ccc(CNC(=O)Cc2ccc3c(c2)ncn3C)cc1. The lowest BCUT2D eigenvalue weighted by molar-refractivity contribution is -0.120. The fourth-order valence-corrected chi connectivity index (χ4v) is 2.45. The maximum absolute atomic E-state index is 12.1. The van der Waals surface area contributed by atoms with Crippen LogP contribution in [0.5, 0.6) is 0 Å². The summed E-state index contributed by atoms with van der Waals surface area (Å²) >= 11 is 0. The third-order valence-corrected chi connectivity index (χ3v) is 3.76. The van der Waals surface area contributed by atoms with Gasteiger partial charge in [-0.3, -0.25) is 4.79 Å². The minimum absolute atomic E-state index is 0.0239. The monoisotopic (exact) mass is 293 g/mol. The quantitative estimate of drug-likeness (QED) is 0.804. The maximum atomic E-state index is 12.1. The summed E-state index contributed by atoms with van der Waals surface area (Å²) in [6.45, 7) is 2.61. The second-order valence-electron chi connectivity index (χ2n) is 5.62. The van der Waals surface area contributed by atoms with Crippen molar-refractivity contribution >= 4 is 16.9 Å². The predicted molar refractivity (Wildman–Crippen MR) is 87.4 cm³/mol. The summed E-state index contributed by atoms with van der Waals surface area (Å²) < 4.78 is 1.97. The van der Waals surface area contributed by atoms with E-state index in [0.29, 0.717) is 13.0 Å². The van der Waals surface area contributed by atoms with Gasteiger partial charge in [0.25, 0.3) is 0 Å². The average Bonchev–Trinajstić information content (AvgIpc) is 2.88. The van der Waals surface area contributed by atoms with Crippen LogP contribution in [0, 0.1) is 6.92 Å². The van der Waals surface area contributed by atoms with Gasteiger partial charge in [0.2, 0.25) is 5.91 Å². The molecule has 3 rings (SSSR count). The van der Waals surface area contributed by atoms with E-state index in [4.69, 9.17) is 0 Å². The van der Waals surface area contributed by atoms with E-state index in [1.807, 2.05) is 41.9 Å². The zero-order valence-corrected chi connectivity index (χ0v) is 12.8. The number of aromatic nitrogens is 2. The number of hydrogen-bond donors (Lipinski definition) is 1. The summed E-state index contributed by atoms with van der Waals surface area (Å²) in [7, 11) is 1.96. The van der Waals surface area contributed by atoms with E-state index in [1.165, 1.54) is 5.56 Å². The number of carbonyl (C=O) groups excluding carboxylic acids is 1. The van der Waals surface area contributed by atoms with Crippen LogP contribution in [-0.4, -0.2) is 15.5 Å². The topological polar surface area (TPSA) is 46.9 Å². The Morgan fingerprint density at radius 3 is 2.64 bits per heavy atom. The molecule has 0 atom stereocenters. The number of nitrogens with one attached hydrogen (secondary N) is 1. The number of imidazole rings is 1. The predicted octanol–water partition coefficient (Wildman–Crippen LogP) is 2.74. The van der Waals surface area contributed by atoms with Crippen LogP contribution in [-0.2, 0) is 24.8 Å². The number of rotatable bonds is 4. The summed E-state index contributed by atoms with van der Waals surface area (Å²) in [6, 6.07) is 14.1. The van der Waals surface area contributed by atoms with Crippen molar-refractivity contribution in [1.82, 2.24) is 14.9 Å². The van der Waals surface area contributed by atoms with Crippen LogP contribution >= 0.6 is 0 Å². The Morgan fingerprint density at radius 1 is 1.14 bits per heavy atom. The average molecular weight is 293 g/mol. The van der Waals surface area contributed by atoms with Crippen LogP contribution in [0.4, 0.5) is 0 Å². The van der Waals surface area contributed by atoms with Gasteiger partial charge in [0.1, 0.15) is 0 Å². The fourth-order valence-electron chi connectivity index (χ4n) is 2.45. The smallest absolute Gasteiger partial charge is 0.224 e. The summed E-state index contributed by atoms with van der Waals surface area (Å²) in [5.74, 6) is 0.0239. The first-order valence-corrected chi connectivity index (χ1v) is 7.34. The lowest BCUT2D eigenvalue weighted by Crippen LogP contribution is -2.24. The molecule has 1 amide bonds. The summed E-state index contributed by atoms with van der Waals surface area (Å²) in [5.41, 5.74) is 5.31. The molecule has 0 saturated heterocycles. The van der Waals surface area contributed by atoms with Crippen molar-refractivity contribution in [3.8, 4) is 0 Å². The molecule has 0 spiro atoms. The second-order valence-corrected chi connectivity index (χ2v) is 5.62. The molecule has 0 unspecified atom stereocenters.